The molecule has 6 heteroatoms. The van der Waals surface area contributed by atoms with Gasteiger partial charge in [0.1, 0.15) is 11.3 Å². The molecule has 1 aromatic heterocycles. The SMILES string of the molecule is CC(C)(C)OC(=O)Cc1cnc(OCC2CC2)c(-c2ccc(Cl)cc2)n1. The monoisotopic (exact) mass is 374 g/mol. The van der Waals surface area contributed by atoms with Crippen molar-refractivity contribution in [3.63, 3.8) is 0 Å². The molecule has 1 aliphatic carbocycles. The molecule has 0 atom stereocenters. The number of esters is 1. The second-order valence-corrected chi connectivity index (χ2v) is 7.98. The van der Waals surface area contributed by atoms with Crippen molar-refractivity contribution in [3.05, 3.63) is 41.2 Å². The van der Waals surface area contributed by atoms with Crippen LogP contribution in [0.25, 0.3) is 11.3 Å². The summed E-state index contributed by atoms with van der Waals surface area (Å²) in [5, 5.41) is 0.645. The van der Waals surface area contributed by atoms with Gasteiger partial charge in [0.05, 0.1) is 24.9 Å². The van der Waals surface area contributed by atoms with E-state index in [-0.39, 0.29) is 12.4 Å². The Bertz CT molecular complexity index is 781. The van der Waals surface area contributed by atoms with Crippen molar-refractivity contribution in [3.8, 4) is 17.1 Å². The fourth-order valence-corrected chi connectivity index (χ4v) is 2.53. The Balaban J connectivity index is 1.84. The van der Waals surface area contributed by atoms with Gasteiger partial charge in [-0.05, 0) is 51.7 Å². The lowest BCUT2D eigenvalue weighted by Gasteiger charge is -2.19. The molecule has 0 amide bonds. The molecule has 1 aromatic carbocycles. The molecule has 0 saturated heterocycles. The zero-order valence-electron chi connectivity index (χ0n) is 15.3. The molecule has 0 bridgehead atoms. The number of carbonyl (C=O) groups is 1. The first-order chi connectivity index (χ1) is 12.3. The minimum atomic E-state index is -0.531. The lowest BCUT2D eigenvalue weighted by Crippen LogP contribution is -2.25. The molecule has 0 N–H and O–H groups in total. The summed E-state index contributed by atoms with van der Waals surface area (Å²) >= 11 is 5.98. The molecular formula is C20H23ClN2O3. The van der Waals surface area contributed by atoms with Gasteiger partial charge in [0.15, 0.2) is 0 Å². The number of aromatic nitrogens is 2. The molecule has 0 spiro atoms. The van der Waals surface area contributed by atoms with Crippen LogP contribution in [0.15, 0.2) is 30.5 Å². The normalized spacial score (nSPS) is 14.2. The first kappa shape index (κ1) is 18.6. The van der Waals surface area contributed by atoms with Gasteiger partial charge in [0, 0.05) is 10.6 Å². The van der Waals surface area contributed by atoms with Crippen molar-refractivity contribution in [2.24, 2.45) is 5.92 Å². The highest BCUT2D eigenvalue weighted by molar-refractivity contribution is 6.30. The predicted octanol–water partition coefficient (Wildman–Crippen LogP) is 4.47. The molecule has 1 heterocycles. The van der Waals surface area contributed by atoms with E-state index in [9.17, 15) is 4.79 Å². The van der Waals surface area contributed by atoms with Crippen molar-refractivity contribution in [1.29, 1.82) is 0 Å². The standard InChI is InChI=1S/C20H23ClN2O3/c1-20(2,3)26-17(24)10-16-11-22-19(25-12-13-4-5-13)18(23-16)14-6-8-15(21)9-7-14/h6-9,11,13H,4-5,10,12H2,1-3H3. The van der Waals surface area contributed by atoms with E-state index in [1.807, 2.05) is 32.9 Å². The number of rotatable bonds is 6. The zero-order valence-corrected chi connectivity index (χ0v) is 16.0. The summed E-state index contributed by atoms with van der Waals surface area (Å²) in [7, 11) is 0. The number of ether oxygens (including phenoxy) is 2. The number of benzene rings is 1. The van der Waals surface area contributed by atoms with E-state index in [1.165, 1.54) is 12.8 Å². The summed E-state index contributed by atoms with van der Waals surface area (Å²) in [5.74, 6) is 0.754. The Morgan fingerprint density at radius 2 is 1.92 bits per heavy atom. The topological polar surface area (TPSA) is 61.3 Å². The second kappa shape index (κ2) is 7.62. The van der Waals surface area contributed by atoms with E-state index in [2.05, 4.69) is 9.97 Å². The number of halogens is 1. The molecule has 138 valence electrons. The third-order valence-corrected chi connectivity index (χ3v) is 4.06. The van der Waals surface area contributed by atoms with Crippen LogP contribution in [0.4, 0.5) is 0 Å². The van der Waals surface area contributed by atoms with Crippen LogP contribution in [0.3, 0.4) is 0 Å². The Labute approximate surface area is 158 Å². The van der Waals surface area contributed by atoms with Crippen molar-refractivity contribution in [1.82, 2.24) is 9.97 Å². The maximum atomic E-state index is 12.1. The first-order valence-electron chi connectivity index (χ1n) is 8.77. The molecule has 1 fully saturated rings. The fraction of sp³-hybridized carbons (Fsp3) is 0.450. The summed E-state index contributed by atoms with van der Waals surface area (Å²) in [4.78, 5) is 21.1. The van der Waals surface area contributed by atoms with E-state index in [4.69, 9.17) is 21.1 Å². The van der Waals surface area contributed by atoms with Crippen LogP contribution in [0.1, 0.15) is 39.3 Å². The Morgan fingerprint density at radius 1 is 1.23 bits per heavy atom. The first-order valence-corrected chi connectivity index (χ1v) is 9.14. The number of hydrogen-bond acceptors (Lipinski definition) is 5. The molecule has 0 radical (unpaired) electrons. The van der Waals surface area contributed by atoms with Crippen molar-refractivity contribution in [2.45, 2.75) is 45.6 Å². The van der Waals surface area contributed by atoms with Crippen LogP contribution < -0.4 is 4.74 Å². The summed E-state index contributed by atoms with van der Waals surface area (Å²) in [5.41, 5.74) is 1.47. The third-order valence-electron chi connectivity index (χ3n) is 3.80. The maximum absolute atomic E-state index is 12.1. The van der Waals surface area contributed by atoms with Crippen LogP contribution in [0.2, 0.25) is 5.02 Å². The largest absolute Gasteiger partial charge is 0.476 e. The molecule has 1 aliphatic rings. The van der Waals surface area contributed by atoms with Crippen molar-refractivity contribution in [2.75, 3.05) is 6.61 Å². The molecule has 5 nitrogen and oxygen atoms in total. The van der Waals surface area contributed by atoms with E-state index in [0.717, 1.165) is 5.56 Å². The molecule has 0 aliphatic heterocycles. The van der Waals surface area contributed by atoms with Gasteiger partial charge in [0.25, 0.3) is 0 Å². The minimum absolute atomic E-state index is 0.0633. The fourth-order valence-electron chi connectivity index (χ4n) is 2.41. The van der Waals surface area contributed by atoms with Crippen LogP contribution in [0.5, 0.6) is 5.88 Å². The highest BCUT2D eigenvalue weighted by Crippen LogP contribution is 2.32. The van der Waals surface area contributed by atoms with Gasteiger partial charge >= 0.3 is 5.97 Å². The average Bonchev–Trinajstić information content (AvgIpc) is 3.37. The van der Waals surface area contributed by atoms with Crippen LogP contribution in [0, 0.1) is 5.92 Å². The molecule has 2 aromatic rings. The lowest BCUT2D eigenvalue weighted by molar-refractivity contribution is -0.154. The quantitative estimate of drug-likeness (QED) is 0.698. The summed E-state index contributed by atoms with van der Waals surface area (Å²) in [6.45, 7) is 6.15. The number of carbonyl (C=O) groups excluding carboxylic acids is 1. The van der Waals surface area contributed by atoms with E-state index in [0.29, 0.717) is 34.8 Å². The van der Waals surface area contributed by atoms with Crippen molar-refractivity contribution < 1.29 is 14.3 Å². The van der Waals surface area contributed by atoms with Gasteiger partial charge in [-0.3, -0.25) is 4.79 Å². The summed E-state index contributed by atoms with van der Waals surface area (Å²) in [6.07, 6.45) is 4.03. The molecule has 26 heavy (non-hydrogen) atoms. The number of nitrogens with zero attached hydrogens (tertiary/aromatic N) is 2. The molecule has 1 saturated carbocycles. The Morgan fingerprint density at radius 3 is 2.54 bits per heavy atom. The van der Waals surface area contributed by atoms with Gasteiger partial charge in [-0.25, -0.2) is 9.97 Å². The minimum Gasteiger partial charge on any atom is -0.476 e. The highest BCUT2D eigenvalue weighted by atomic mass is 35.5. The van der Waals surface area contributed by atoms with Gasteiger partial charge in [0.2, 0.25) is 5.88 Å². The Hall–Kier alpha value is -2.14. The maximum Gasteiger partial charge on any atom is 0.312 e. The second-order valence-electron chi connectivity index (χ2n) is 7.54. The van der Waals surface area contributed by atoms with Crippen molar-refractivity contribution >= 4 is 17.6 Å². The third kappa shape index (κ3) is 5.43. The summed E-state index contributed by atoms with van der Waals surface area (Å²) < 4.78 is 11.2. The smallest absolute Gasteiger partial charge is 0.312 e. The lowest BCUT2D eigenvalue weighted by atomic mass is 10.1. The van der Waals surface area contributed by atoms with Gasteiger partial charge in [-0.2, -0.15) is 0 Å². The highest BCUT2D eigenvalue weighted by Gasteiger charge is 2.24. The molecule has 0 unspecified atom stereocenters. The van der Waals surface area contributed by atoms with E-state index in [1.54, 1.807) is 18.3 Å². The Kier molecular flexibility index (Phi) is 5.47. The van der Waals surface area contributed by atoms with Crippen LogP contribution in [-0.2, 0) is 16.0 Å². The summed E-state index contributed by atoms with van der Waals surface area (Å²) in [6, 6.07) is 7.33. The predicted molar refractivity (Wildman–Crippen MR) is 100 cm³/mol. The van der Waals surface area contributed by atoms with Crippen LogP contribution >= 0.6 is 11.6 Å². The average molecular weight is 375 g/mol. The molecular weight excluding hydrogens is 352 g/mol. The zero-order chi connectivity index (χ0) is 18.7. The van der Waals surface area contributed by atoms with Gasteiger partial charge in [-0.1, -0.05) is 23.7 Å². The molecule has 3 rings (SSSR count). The van der Waals surface area contributed by atoms with Gasteiger partial charge < -0.3 is 9.47 Å². The van der Waals surface area contributed by atoms with Gasteiger partial charge in [-0.15, -0.1) is 0 Å². The van der Waals surface area contributed by atoms with Crippen LogP contribution in [-0.4, -0.2) is 28.1 Å². The number of hydrogen-bond donors (Lipinski definition) is 0. The van der Waals surface area contributed by atoms with E-state index >= 15 is 0 Å². The van der Waals surface area contributed by atoms with E-state index < -0.39 is 5.60 Å².